The van der Waals surface area contributed by atoms with Crippen molar-refractivity contribution in [2.45, 2.75) is 46.5 Å². The van der Waals surface area contributed by atoms with Gasteiger partial charge < -0.3 is 4.90 Å². The molecule has 2 aliphatic rings. The summed E-state index contributed by atoms with van der Waals surface area (Å²) in [5.41, 5.74) is 1.32. The normalized spacial score (nSPS) is 29.1. The molecule has 0 radical (unpaired) electrons. The number of piperidine rings is 1. The zero-order valence-electron chi connectivity index (χ0n) is 10.3. The minimum Gasteiger partial charge on any atom is -0.306 e. The van der Waals surface area contributed by atoms with E-state index in [1.54, 1.807) is 0 Å². The monoisotopic (exact) mass is 195 g/mol. The lowest BCUT2D eigenvalue weighted by atomic mass is 9.52. The Morgan fingerprint density at radius 2 is 1.57 bits per heavy atom. The lowest BCUT2D eigenvalue weighted by Gasteiger charge is -2.56. The van der Waals surface area contributed by atoms with Gasteiger partial charge in [0.2, 0.25) is 0 Å². The van der Waals surface area contributed by atoms with Crippen molar-refractivity contribution >= 4 is 0 Å². The van der Waals surface area contributed by atoms with E-state index in [4.69, 9.17) is 0 Å². The quantitative estimate of drug-likeness (QED) is 0.574. The third-order valence-corrected chi connectivity index (χ3v) is 4.63. The van der Waals surface area contributed by atoms with Gasteiger partial charge in [-0.05, 0) is 62.6 Å². The standard InChI is InChI=1S/C13H25N/c1-12(2,3)11-9-13(10-11)5-7-14(4)8-6-13/h11H,5-10H2,1-4H3. The van der Waals surface area contributed by atoms with E-state index in [1.807, 2.05) is 0 Å². The molecule has 1 heteroatoms. The zero-order valence-corrected chi connectivity index (χ0v) is 10.3. The topological polar surface area (TPSA) is 3.24 Å². The van der Waals surface area contributed by atoms with E-state index in [-0.39, 0.29) is 0 Å². The van der Waals surface area contributed by atoms with Crippen LogP contribution in [0.3, 0.4) is 0 Å². The van der Waals surface area contributed by atoms with Gasteiger partial charge in [-0.3, -0.25) is 0 Å². The maximum atomic E-state index is 2.48. The first-order valence-corrected chi connectivity index (χ1v) is 6.10. The summed E-state index contributed by atoms with van der Waals surface area (Å²) >= 11 is 0. The predicted octanol–water partition coefficient (Wildman–Crippen LogP) is 3.15. The molecule has 0 N–H and O–H groups in total. The van der Waals surface area contributed by atoms with Crippen LogP contribution in [0.4, 0.5) is 0 Å². The highest BCUT2D eigenvalue weighted by atomic mass is 15.1. The third-order valence-electron chi connectivity index (χ3n) is 4.63. The van der Waals surface area contributed by atoms with Crippen molar-refractivity contribution in [2.24, 2.45) is 16.7 Å². The molecule has 1 saturated carbocycles. The van der Waals surface area contributed by atoms with Crippen molar-refractivity contribution in [2.75, 3.05) is 20.1 Å². The Balaban J connectivity index is 1.87. The Bertz CT molecular complexity index is 198. The number of hydrogen-bond acceptors (Lipinski definition) is 1. The highest BCUT2D eigenvalue weighted by molar-refractivity contribution is 4.99. The minimum atomic E-state index is 0.550. The van der Waals surface area contributed by atoms with Crippen molar-refractivity contribution in [1.82, 2.24) is 4.90 Å². The van der Waals surface area contributed by atoms with Gasteiger partial charge in [0.25, 0.3) is 0 Å². The molecule has 2 rings (SSSR count). The Labute approximate surface area is 88.9 Å². The van der Waals surface area contributed by atoms with Crippen LogP contribution in [0, 0.1) is 16.7 Å². The maximum Gasteiger partial charge on any atom is -0.00165 e. The van der Waals surface area contributed by atoms with Gasteiger partial charge in [-0.1, -0.05) is 20.8 Å². The lowest BCUT2D eigenvalue weighted by molar-refractivity contribution is -0.0525. The number of nitrogens with zero attached hydrogens (tertiary/aromatic N) is 1. The van der Waals surface area contributed by atoms with Gasteiger partial charge in [0.1, 0.15) is 0 Å². The molecule has 0 bridgehead atoms. The number of likely N-dealkylation sites (tertiary alicyclic amines) is 1. The molecule has 1 aliphatic heterocycles. The first-order valence-electron chi connectivity index (χ1n) is 6.10. The Morgan fingerprint density at radius 1 is 1.07 bits per heavy atom. The minimum absolute atomic E-state index is 0.550. The van der Waals surface area contributed by atoms with Gasteiger partial charge >= 0.3 is 0 Å². The summed E-state index contributed by atoms with van der Waals surface area (Å²) < 4.78 is 0. The molecule has 1 nitrogen and oxygen atoms in total. The molecule has 1 saturated heterocycles. The third kappa shape index (κ3) is 1.84. The van der Waals surface area contributed by atoms with Crippen molar-refractivity contribution in [3.8, 4) is 0 Å². The Hall–Kier alpha value is -0.0400. The van der Waals surface area contributed by atoms with Crippen LogP contribution in [0.25, 0.3) is 0 Å². The maximum absolute atomic E-state index is 2.48. The summed E-state index contributed by atoms with van der Waals surface area (Å²) in [4.78, 5) is 2.48. The summed E-state index contributed by atoms with van der Waals surface area (Å²) in [5.74, 6) is 0.992. The van der Waals surface area contributed by atoms with Crippen molar-refractivity contribution < 1.29 is 0 Å². The molecule has 1 heterocycles. The Kier molecular flexibility index (Phi) is 2.42. The first kappa shape index (κ1) is 10.5. The fraction of sp³-hybridized carbons (Fsp3) is 1.00. The SMILES string of the molecule is CN1CCC2(CC1)CC(C(C)(C)C)C2. The van der Waals surface area contributed by atoms with Gasteiger partial charge in [0, 0.05) is 0 Å². The molecule has 0 unspecified atom stereocenters. The predicted molar refractivity (Wildman–Crippen MR) is 61.3 cm³/mol. The average molecular weight is 195 g/mol. The molecule has 0 amide bonds. The lowest BCUT2D eigenvalue weighted by Crippen LogP contribution is -2.49. The van der Waals surface area contributed by atoms with Crippen LogP contribution in [-0.4, -0.2) is 25.0 Å². The van der Waals surface area contributed by atoms with Gasteiger partial charge in [-0.2, -0.15) is 0 Å². The zero-order chi connectivity index (χ0) is 10.4. The van der Waals surface area contributed by atoms with Crippen LogP contribution in [-0.2, 0) is 0 Å². The van der Waals surface area contributed by atoms with Gasteiger partial charge in [0.05, 0.1) is 0 Å². The molecule has 14 heavy (non-hydrogen) atoms. The largest absolute Gasteiger partial charge is 0.306 e. The van der Waals surface area contributed by atoms with Gasteiger partial charge in [-0.25, -0.2) is 0 Å². The molecule has 0 atom stereocenters. The molecule has 0 aromatic rings. The van der Waals surface area contributed by atoms with Crippen LogP contribution in [0.15, 0.2) is 0 Å². The fourth-order valence-electron chi connectivity index (χ4n) is 3.10. The van der Waals surface area contributed by atoms with Crippen LogP contribution in [0.2, 0.25) is 0 Å². The van der Waals surface area contributed by atoms with Gasteiger partial charge in [-0.15, -0.1) is 0 Å². The van der Waals surface area contributed by atoms with E-state index in [0.29, 0.717) is 5.41 Å². The smallest absolute Gasteiger partial charge is 0.00165 e. The molecule has 1 aliphatic carbocycles. The van der Waals surface area contributed by atoms with E-state index in [1.165, 1.54) is 38.8 Å². The Morgan fingerprint density at radius 3 is 2.00 bits per heavy atom. The molecule has 2 fully saturated rings. The molecular formula is C13H25N. The molecule has 82 valence electrons. The second-order valence-corrected chi connectivity index (χ2v) is 6.77. The van der Waals surface area contributed by atoms with Gasteiger partial charge in [0.15, 0.2) is 0 Å². The summed E-state index contributed by atoms with van der Waals surface area (Å²) in [5, 5.41) is 0. The summed E-state index contributed by atoms with van der Waals surface area (Å²) in [7, 11) is 2.26. The van der Waals surface area contributed by atoms with Crippen LogP contribution >= 0.6 is 0 Å². The van der Waals surface area contributed by atoms with E-state index in [9.17, 15) is 0 Å². The van der Waals surface area contributed by atoms with Crippen molar-refractivity contribution in [3.05, 3.63) is 0 Å². The van der Waals surface area contributed by atoms with E-state index >= 15 is 0 Å². The molecule has 1 spiro atoms. The highest BCUT2D eigenvalue weighted by Crippen LogP contribution is 2.57. The van der Waals surface area contributed by atoms with Crippen LogP contribution in [0.5, 0.6) is 0 Å². The van der Waals surface area contributed by atoms with E-state index in [0.717, 1.165) is 11.3 Å². The van der Waals surface area contributed by atoms with Crippen LogP contribution in [0.1, 0.15) is 46.5 Å². The fourth-order valence-corrected chi connectivity index (χ4v) is 3.10. The van der Waals surface area contributed by atoms with Crippen LogP contribution < -0.4 is 0 Å². The van der Waals surface area contributed by atoms with Crippen molar-refractivity contribution in [3.63, 3.8) is 0 Å². The summed E-state index contributed by atoms with van der Waals surface area (Å²) in [6.45, 7) is 9.87. The van der Waals surface area contributed by atoms with E-state index in [2.05, 4.69) is 32.7 Å². The molecule has 0 aromatic heterocycles. The van der Waals surface area contributed by atoms with E-state index < -0.39 is 0 Å². The highest BCUT2D eigenvalue weighted by Gasteiger charge is 2.48. The molecular weight excluding hydrogens is 170 g/mol. The second kappa shape index (κ2) is 3.23. The summed E-state index contributed by atoms with van der Waals surface area (Å²) in [6.07, 6.45) is 5.92. The second-order valence-electron chi connectivity index (χ2n) is 6.77. The number of hydrogen-bond donors (Lipinski definition) is 0. The summed E-state index contributed by atoms with van der Waals surface area (Å²) in [6, 6.07) is 0. The first-order chi connectivity index (χ1) is 6.41. The average Bonchev–Trinajstić information content (AvgIpc) is 2.00. The molecule has 0 aromatic carbocycles. The number of rotatable bonds is 0. The van der Waals surface area contributed by atoms with Crippen molar-refractivity contribution in [1.29, 1.82) is 0 Å².